The maximum Gasteiger partial charge on any atom is 0.126 e. The third kappa shape index (κ3) is 2.60. The summed E-state index contributed by atoms with van der Waals surface area (Å²) in [4.78, 5) is 0. The van der Waals surface area contributed by atoms with Crippen molar-refractivity contribution in [1.82, 2.24) is 0 Å². The quantitative estimate of drug-likeness (QED) is 0.844. The molecule has 1 N–H and O–H groups in total. The van der Waals surface area contributed by atoms with Gasteiger partial charge in [0.1, 0.15) is 11.9 Å². The van der Waals surface area contributed by atoms with Crippen LogP contribution in [-0.2, 0) is 0 Å². The highest BCUT2D eigenvalue weighted by Crippen LogP contribution is 2.34. The van der Waals surface area contributed by atoms with E-state index in [-0.39, 0.29) is 5.82 Å². The Balaban J connectivity index is 2.63. The fraction of sp³-hybridized carbons (Fsp3) is 0.368. The predicted molar refractivity (Wildman–Crippen MR) is 85.3 cm³/mol. The molecule has 0 heterocycles. The Bertz CT molecular complexity index is 672. The number of benzene rings is 2. The van der Waals surface area contributed by atoms with Gasteiger partial charge < -0.3 is 5.11 Å². The van der Waals surface area contributed by atoms with Crippen molar-refractivity contribution in [3.05, 3.63) is 68.5 Å². The molecular weight excluding hydrogens is 263 g/mol. The van der Waals surface area contributed by atoms with Crippen molar-refractivity contribution in [3.63, 3.8) is 0 Å². The number of aliphatic hydroxyl groups is 1. The number of hydrogen-bond donors (Lipinski definition) is 1. The second-order valence-corrected chi connectivity index (χ2v) is 5.95. The largest absolute Gasteiger partial charge is 0.384 e. The maximum atomic E-state index is 13.8. The minimum absolute atomic E-state index is 0.276. The minimum Gasteiger partial charge on any atom is -0.384 e. The average Bonchev–Trinajstić information content (AvgIpc) is 2.46. The van der Waals surface area contributed by atoms with Gasteiger partial charge in [0.15, 0.2) is 0 Å². The van der Waals surface area contributed by atoms with E-state index in [1.807, 2.05) is 13.8 Å². The highest BCUT2D eigenvalue weighted by Gasteiger charge is 2.20. The average molecular weight is 286 g/mol. The topological polar surface area (TPSA) is 20.2 Å². The van der Waals surface area contributed by atoms with Crippen molar-refractivity contribution in [3.8, 4) is 0 Å². The Kier molecular flexibility index (Phi) is 4.20. The molecule has 2 rings (SSSR count). The molecule has 112 valence electrons. The molecule has 1 nitrogen and oxygen atoms in total. The van der Waals surface area contributed by atoms with Gasteiger partial charge in [-0.2, -0.15) is 0 Å². The molecule has 0 saturated carbocycles. The molecule has 0 saturated heterocycles. The van der Waals surface area contributed by atoms with Crippen molar-refractivity contribution >= 4 is 0 Å². The van der Waals surface area contributed by atoms with Crippen molar-refractivity contribution in [2.75, 3.05) is 0 Å². The summed E-state index contributed by atoms with van der Waals surface area (Å²) in [6.07, 6.45) is -0.793. The van der Waals surface area contributed by atoms with E-state index in [9.17, 15) is 9.50 Å². The van der Waals surface area contributed by atoms with Crippen LogP contribution in [0, 0.1) is 47.4 Å². The zero-order chi connectivity index (χ0) is 15.9. The first-order valence-electron chi connectivity index (χ1n) is 7.26. The lowest BCUT2D eigenvalue weighted by Crippen LogP contribution is -2.09. The van der Waals surface area contributed by atoms with Crippen LogP contribution in [0.1, 0.15) is 50.6 Å². The third-order valence-electron chi connectivity index (χ3n) is 4.84. The fourth-order valence-corrected chi connectivity index (χ4v) is 2.89. The molecule has 0 bridgehead atoms. The van der Waals surface area contributed by atoms with Gasteiger partial charge in [-0.05, 0) is 92.1 Å². The van der Waals surface area contributed by atoms with Crippen LogP contribution in [0.5, 0.6) is 0 Å². The first-order chi connectivity index (χ1) is 9.75. The highest BCUT2D eigenvalue weighted by molar-refractivity contribution is 5.52. The number of aliphatic hydroxyl groups excluding tert-OH is 1. The van der Waals surface area contributed by atoms with E-state index >= 15 is 0 Å². The van der Waals surface area contributed by atoms with Gasteiger partial charge in [0.2, 0.25) is 0 Å². The summed E-state index contributed by atoms with van der Waals surface area (Å²) < 4.78 is 13.8. The second-order valence-electron chi connectivity index (χ2n) is 5.95. The van der Waals surface area contributed by atoms with Gasteiger partial charge in [0.05, 0.1) is 0 Å². The van der Waals surface area contributed by atoms with E-state index in [0.29, 0.717) is 11.1 Å². The van der Waals surface area contributed by atoms with E-state index in [0.717, 1.165) is 16.7 Å². The predicted octanol–water partition coefficient (Wildman–Crippen LogP) is 4.76. The Morgan fingerprint density at radius 1 is 0.810 bits per heavy atom. The van der Waals surface area contributed by atoms with Gasteiger partial charge in [-0.15, -0.1) is 0 Å². The Morgan fingerprint density at radius 3 is 1.76 bits per heavy atom. The van der Waals surface area contributed by atoms with Crippen LogP contribution in [0.3, 0.4) is 0 Å². The van der Waals surface area contributed by atoms with Crippen LogP contribution < -0.4 is 0 Å². The lowest BCUT2D eigenvalue weighted by Gasteiger charge is -2.23. The molecule has 2 aromatic carbocycles. The second kappa shape index (κ2) is 5.61. The SMILES string of the molecule is Cc1ccc(C(O)c2c(C)c(C)c(C)c(C)c2C)cc1F. The molecule has 0 amide bonds. The van der Waals surface area contributed by atoms with Crippen LogP contribution >= 0.6 is 0 Å². The highest BCUT2D eigenvalue weighted by atomic mass is 19.1. The smallest absolute Gasteiger partial charge is 0.126 e. The van der Waals surface area contributed by atoms with E-state index in [1.165, 1.54) is 22.8 Å². The molecule has 2 aromatic rings. The molecule has 0 aliphatic heterocycles. The van der Waals surface area contributed by atoms with Crippen LogP contribution in [0.4, 0.5) is 4.39 Å². The van der Waals surface area contributed by atoms with Crippen molar-refractivity contribution in [2.24, 2.45) is 0 Å². The first-order valence-corrected chi connectivity index (χ1v) is 7.26. The number of hydrogen-bond acceptors (Lipinski definition) is 1. The minimum atomic E-state index is -0.793. The van der Waals surface area contributed by atoms with Crippen molar-refractivity contribution < 1.29 is 9.50 Å². The summed E-state index contributed by atoms with van der Waals surface area (Å²) in [6.45, 7) is 12.0. The van der Waals surface area contributed by atoms with Gasteiger partial charge >= 0.3 is 0 Å². The first kappa shape index (κ1) is 15.7. The molecule has 0 radical (unpaired) electrons. The zero-order valence-electron chi connectivity index (χ0n) is 13.6. The number of aryl methyl sites for hydroxylation is 1. The molecule has 2 heteroatoms. The normalized spacial score (nSPS) is 12.6. The molecule has 0 aliphatic carbocycles. The third-order valence-corrected chi connectivity index (χ3v) is 4.84. The van der Waals surface area contributed by atoms with Crippen LogP contribution in [0.25, 0.3) is 0 Å². The molecule has 21 heavy (non-hydrogen) atoms. The molecule has 1 atom stereocenters. The van der Waals surface area contributed by atoms with Crippen LogP contribution in [0.15, 0.2) is 18.2 Å². The van der Waals surface area contributed by atoms with Crippen LogP contribution in [-0.4, -0.2) is 5.11 Å². The summed E-state index contributed by atoms with van der Waals surface area (Å²) >= 11 is 0. The standard InChI is InChI=1S/C19H23FO/c1-10-7-8-16(9-17(10)20)19(21)18-14(5)12(3)11(2)13(4)15(18)6/h7-9,19,21H,1-6H3. The van der Waals surface area contributed by atoms with Crippen molar-refractivity contribution in [1.29, 1.82) is 0 Å². The summed E-state index contributed by atoms with van der Waals surface area (Å²) in [5.74, 6) is -0.276. The van der Waals surface area contributed by atoms with Gasteiger partial charge in [0.25, 0.3) is 0 Å². The van der Waals surface area contributed by atoms with Gasteiger partial charge in [0, 0.05) is 0 Å². The summed E-state index contributed by atoms with van der Waals surface area (Å²) in [7, 11) is 0. The van der Waals surface area contributed by atoms with E-state index < -0.39 is 6.10 Å². The summed E-state index contributed by atoms with van der Waals surface area (Å²) in [6, 6.07) is 4.95. The van der Waals surface area contributed by atoms with Gasteiger partial charge in [-0.3, -0.25) is 0 Å². The summed E-state index contributed by atoms with van der Waals surface area (Å²) in [5.41, 5.74) is 7.92. The number of halogens is 1. The molecule has 0 spiro atoms. The lowest BCUT2D eigenvalue weighted by atomic mass is 9.85. The van der Waals surface area contributed by atoms with E-state index in [2.05, 4.69) is 20.8 Å². The maximum absolute atomic E-state index is 13.8. The monoisotopic (exact) mass is 286 g/mol. The van der Waals surface area contributed by atoms with Gasteiger partial charge in [-0.1, -0.05) is 12.1 Å². The van der Waals surface area contributed by atoms with E-state index in [4.69, 9.17) is 0 Å². The fourth-order valence-electron chi connectivity index (χ4n) is 2.89. The summed E-state index contributed by atoms with van der Waals surface area (Å²) in [5, 5.41) is 10.7. The lowest BCUT2D eigenvalue weighted by molar-refractivity contribution is 0.218. The molecule has 0 fully saturated rings. The van der Waals surface area contributed by atoms with Crippen LogP contribution in [0.2, 0.25) is 0 Å². The van der Waals surface area contributed by atoms with Crippen molar-refractivity contribution in [2.45, 2.75) is 47.6 Å². The molecular formula is C19H23FO. The van der Waals surface area contributed by atoms with Gasteiger partial charge in [-0.25, -0.2) is 4.39 Å². The molecule has 1 unspecified atom stereocenters. The zero-order valence-corrected chi connectivity index (χ0v) is 13.6. The molecule has 0 aromatic heterocycles. The van der Waals surface area contributed by atoms with E-state index in [1.54, 1.807) is 19.1 Å². The number of rotatable bonds is 2. The Morgan fingerprint density at radius 2 is 1.29 bits per heavy atom. The Labute approximate surface area is 126 Å². The Hall–Kier alpha value is -1.67. The molecule has 0 aliphatic rings.